The lowest BCUT2D eigenvalue weighted by atomic mass is 9.88. The van der Waals surface area contributed by atoms with Crippen molar-refractivity contribution < 1.29 is 18.7 Å². The molecule has 0 radical (unpaired) electrons. The van der Waals surface area contributed by atoms with Crippen LogP contribution in [0.25, 0.3) is 0 Å². The summed E-state index contributed by atoms with van der Waals surface area (Å²) in [6, 6.07) is 11.0. The van der Waals surface area contributed by atoms with E-state index in [1.165, 1.54) is 6.42 Å². The highest BCUT2D eigenvalue weighted by Gasteiger charge is 2.26. The largest absolute Gasteiger partial charge is 0.465 e. The molecule has 32 heavy (non-hydrogen) atoms. The van der Waals surface area contributed by atoms with Gasteiger partial charge in [-0.15, -0.1) is 0 Å². The number of morpholine rings is 1. The zero-order valence-corrected chi connectivity index (χ0v) is 18.8. The SMILES string of the molecule is Cc1ccc(C(CNC(=O)c2cccc(NC(=O)C3CCCCC3)c2)N2CCOCC2)o1. The first kappa shape index (κ1) is 22.6. The topological polar surface area (TPSA) is 83.8 Å². The molecule has 7 nitrogen and oxygen atoms in total. The number of nitrogens with one attached hydrogen (secondary N) is 2. The molecular weight excluding hydrogens is 406 g/mol. The van der Waals surface area contributed by atoms with Crippen LogP contribution in [-0.4, -0.2) is 49.6 Å². The molecule has 2 amide bonds. The summed E-state index contributed by atoms with van der Waals surface area (Å²) in [5.74, 6) is 1.67. The third-order valence-corrected chi connectivity index (χ3v) is 6.40. The van der Waals surface area contributed by atoms with Gasteiger partial charge in [0, 0.05) is 36.8 Å². The monoisotopic (exact) mass is 439 g/mol. The molecule has 2 N–H and O–H groups in total. The number of hydrogen-bond donors (Lipinski definition) is 2. The number of carbonyl (C=O) groups excluding carboxylic acids is 2. The van der Waals surface area contributed by atoms with Crippen LogP contribution in [0.15, 0.2) is 40.8 Å². The number of rotatable bonds is 7. The van der Waals surface area contributed by atoms with Crippen LogP contribution in [0.1, 0.15) is 60.0 Å². The van der Waals surface area contributed by atoms with E-state index in [2.05, 4.69) is 15.5 Å². The van der Waals surface area contributed by atoms with E-state index in [0.29, 0.717) is 31.0 Å². The smallest absolute Gasteiger partial charge is 0.251 e. The average Bonchev–Trinajstić information content (AvgIpc) is 3.26. The van der Waals surface area contributed by atoms with Gasteiger partial charge in [-0.1, -0.05) is 25.3 Å². The lowest BCUT2D eigenvalue weighted by Gasteiger charge is -2.33. The van der Waals surface area contributed by atoms with Crippen molar-refractivity contribution in [1.82, 2.24) is 10.2 Å². The van der Waals surface area contributed by atoms with Crippen molar-refractivity contribution in [2.24, 2.45) is 5.92 Å². The Morgan fingerprint density at radius 3 is 2.59 bits per heavy atom. The number of aryl methyl sites for hydroxylation is 1. The van der Waals surface area contributed by atoms with Crippen molar-refractivity contribution in [3.05, 3.63) is 53.5 Å². The molecule has 1 aromatic heterocycles. The summed E-state index contributed by atoms with van der Waals surface area (Å²) >= 11 is 0. The highest BCUT2D eigenvalue weighted by atomic mass is 16.5. The van der Waals surface area contributed by atoms with E-state index in [-0.39, 0.29) is 23.8 Å². The minimum Gasteiger partial charge on any atom is -0.465 e. The summed E-state index contributed by atoms with van der Waals surface area (Å²) < 4.78 is 11.4. The van der Waals surface area contributed by atoms with E-state index >= 15 is 0 Å². The fraction of sp³-hybridized carbons (Fsp3) is 0.520. The second kappa shape index (κ2) is 10.8. The van der Waals surface area contributed by atoms with Crippen molar-refractivity contribution in [1.29, 1.82) is 0 Å². The molecule has 1 atom stereocenters. The van der Waals surface area contributed by atoms with Crippen LogP contribution in [0.3, 0.4) is 0 Å². The number of benzene rings is 1. The zero-order chi connectivity index (χ0) is 22.3. The number of carbonyl (C=O) groups is 2. The Hall–Kier alpha value is -2.64. The van der Waals surface area contributed by atoms with Gasteiger partial charge in [-0.25, -0.2) is 0 Å². The number of hydrogen-bond acceptors (Lipinski definition) is 5. The van der Waals surface area contributed by atoms with Crippen LogP contribution < -0.4 is 10.6 Å². The molecule has 0 bridgehead atoms. The maximum absolute atomic E-state index is 12.9. The fourth-order valence-corrected chi connectivity index (χ4v) is 4.57. The van der Waals surface area contributed by atoms with Gasteiger partial charge in [0.1, 0.15) is 11.5 Å². The Morgan fingerprint density at radius 1 is 1.09 bits per heavy atom. The Bertz CT molecular complexity index is 913. The van der Waals surface area contributed by atoms with Gasteiger partial charge < -0.3 is 19.8 Å². The van der Waals surface area contributed by atoms with Gasteiger partial charge >= 0.3 is 0 Å². The van der Waals surface area contributed by atoms with E-state index in [4.69, 9.17) is 9.15 Å². The Balaban J connectivity index is 1.38. The first-order chi connectivity index (χ1) is 15.6. The second-order valence-electron chi connectivity index (χ2n) is 8.73. The molecule has 1 saturated carbocycles. The van der Waals surface area contributed by atoms with Gasteiger partial charge in [0.25, 0.3) is 5.91 Å². The summed E-state index contributed by atoms with van der Waals surface area (Å²) in [6.45, 7) is 5.29. The summed E-state index contributed by atoms with van der Waals surface area (Å²) in [7, 11) is 0. The van der Waals surface area contributed by atoms with Crippen molar-refractivity contribution in [3.8, 4) is 0 Å². The normalized spacial score (nSPS) is 18.8. The number of ether oxygens (including phenoxy) is 1. The molecule has 4 rings (SSSR count). The van der Waals surface area contributed by atoms with Gasteiger partial charge in [-0.05, 0) is 50.1 Å². The molecule has 1 aliphatic carbocycles. The highest BCUT2D eigenvalue weighted by molar-refractivity contribution is 5.97. The first-order valence-electron chi connectivity index (χ1n) is 11.7. The summed E-state index contributed by atoms with van der Waals surface area (Å²) in [4.78, 5) is 27.8. The third kappa shape index (κ3) is 5.78. The lowest BCUT2D eigenvalue weighted by Crippen LogP contribution is -2.43. The molecule has 2 aliphatic rings. The summed E-state index contributed by atoms with van der Waals surface area (Å²) in [5, 5.41) is 6.05. The van der Waals surface area contributed by atoms with E-state index in [1.54, 1.807) is 18.2 Å². The number of furan rings is 1. The number of anilines is 1. The first-order valence-corrected chi connectivity index (χ1v) is 11.7. The van der Waals surface area contributed by atoms with Crippen molar-refractivity contribution in [3.63, 3.8) is 0 Å². The van der Waals surface area contributed by atoms with Crippen molar-refractivity contribution in [2.75, 3.05) is 38.2 Å². The molecule has 2 aromatic rings. The molecule has 0 spiro atoms. The van der Waals surface area contributed by atoms with Crippen molar-refractivity contribution >= 4 is 17.5 Å². The molecular formula is C25H33N3O4. The van der Waals surface area contributed by atoms with Crippen LogP contribution in [0, 0.1) is 12.8 Å². The summed E-state index contributed by atoms with van der Waals surface area (Å²) in [6.07, 6.45) is 5.32. The maximum Gasteiger partial charge on any atom is 0.251 e. The Morgan fingerprint density at radius 2 is 1.88 bits per heavy atom. The Kier molecular flexibility index (Phi) is 7.60. The maximum atomic E-state index is 12.9. The van der Waals surface area contributed by atoms with E-state index in [0.717, 1.165) is 50.3 Å². The van der Waals surface area contributed by atoms with E-state index in [1.807, 2.05) is 25.1 Å². The number of amides is 2. The molecule has 172 valence electrons. The quantitative estimate of drug-likeness (QED) is 0.683. The van der Waals surface area contributed by atoms with Crippen LogP contribution in [0.5, 0.6) is 0 Å². The van der Waals surface area contributed by atoms with E-state index < -0.39 is 0 Å². The fourth-order valence-electron chi connectivity index (χ4n) is 4.57. The molecule has 1 aromatic carbocycles. The predicted molar refractivity (Wildman–Crippen MR) is 123 cm³/mol. The highest BCUT2D eigenvalue weighted by Crippen LogP contribution is 2.26. The zero-order valence-electron chi connectivity index (χ0n) is 18.8. The molecule has 1 saturated heterocycles. The van der Waals surface area contributed by atoms with Gasteiger partial charge in [-0.2, -0.15) is 0 Å². The lowest BCUT2D eigenvalue weighted by molar-refractivity contribution is -0.120. The van der Waals surface area contributed by atoms with Crippen LogP contribution in [0.2, 0.25) is 0 Å². The van der Waals surface area contributed by atoms with Gasteiger partial charge in [-0.3, -0.25) is 14.5 Å². The minimum absolute atomic E-state index is 0.0502. The molecule has 7 heteroatoms. The predicted octanol–water partition coefficient (Wildman–Crippen LogP) is 3.91. The third-order valence-electron chi connectivity index (χ3n) is 6.40. The molecule has 1 aliphatic heterocycles. The van der Waals surface area contributed by atoms with Crippen LogP contribution in [0.4, 0.5) is 5.69 Å². The van der Waals surface area contributed by atoms with E-state index in [9.17, 15) is 9.59 Å². The second-order valence-corrected chi connectivity index (χ2v) is 8.73. The van der Waals surface area contributed by atoms with Gasteiger partial charge in [0.15, 0.2) is 0 Å². The minimum atomic E-state index is -0.166. The molecule has 1 unspecified atom stereocenters. The molecule has 2 fully saturated rings. The van der Waals surface area contributed by atoms with Gasteiger partial charge in [0.2, 0.25) is 5.91 Å². The van der Waals surface area contributed by atoms with Gasteiger partial charge in [0.05, 0.1) is 19.3 Å². The standard InChI is InChI=1S/C25H33N3O4/c1-18-10-11-23(32-18)22(28-12-14-31-15-13-28)17-26-24(29)20-8-5-9-21(16-20)27-25(30)19-6-3-2-4-7-19/h5,8-11,16,19,22H,2-4,6-7,12-15,17H2,1H3,(H,26,29)(H,27,30). The van der Waals surface area contributed by atoms with Crippen LogP contribution >= 0.6 is 0 Å². The Labute approximate surface area is 189 Å². The van der Waals surface area contributed by atoms with Crippen molar-refractivity contribution in [2.45, 2.75) is 45.1 Å². The average molecular weight is 440 g/mol. The van der Waals surface area contributed by atoms with Crippen LogP contribution in [-0.2, 0) is 9.53 Å². The molecule has 2 heterocycles. The summed E-state index contributed by atoms with van der Waals surface area (Å²) in [5.41, 5.74) is 1.20. The number of nitrogens with zero attached hydrogens (tertiary/aromatic N) is 1.